The van der Waals surface area contributed by atoms with Crippen LogP contribution in [-0.4, -0.2) is 25.8 Å². The van der Waals surface area contributed by atoms with Gasteiger partial charge in [-0.25, -0.2) is 4.99 Å². The summed E-state index contributed by atoms with van der Waals surface area (Å²) in [4.78, 5) is 4.01. The summed E-state index contributed by atoms with van der Waals surface area (Å²) in [5.41, 5.74) is 0. The third kappa shape index (κ3) is 3.25. The maximum atomic E-state index is 5.23. The van der Waals surface area contributed by atoms with Gasteiger partial charge in [-0.2, -0.15) is 0 Å². The van der Waals surface area contributed by atoms with E-state index < -0.39 is 0 Å². The van der Waals surface area contributed by atoms with Gasteiger partial charge in [0.1, 0.15) is 6.61 Å². The normalized spacial score (nSPS) is 15.9. The van der Waals surface area contributed by atoms with Crippen LogP contribution in [0.3, 0.4) is 0 Å². The van der Waals surface area contributed by atoms with E-state index in [2.05, 4.69) is 11.9 Å². The molecule has 0 bridgehead atoms. The molecule has 0 aromatic rings. The lowest BCUT2D eigenvalue weighted by Gasteiger charge is -2.03. The van der Waals surface area contributed by atoms with Crippen molar-refractivity contribution in [3.8, 4) is 0 Å². The maximum Gasteiger partial charge on any atom is 0.383 e. The van der Waals surface area contributed by atoms with Crippen LogP contribution in [0.2, 0.25) is 0 Å². The van der Waals surface area contributed by atoms with Crippen molar-refractivity contribution in [2.75, 3.05) is 19.8 Å². The third-order valence-electron chi connectivity index (χ3n) is 1.53. The van der Waals surface area contributed by atoms with Crippen molar-refractivity contribution in [3.05, 3.63) is 0 Å². The summed E-state index contributed by atoms with van der Waals surface area (Å²) in [6, 6.07) is 0. The Morgan fingerprint density at radius 3 is 3.09 bits per heavy atom. The lowest BCUT2D eigenvalue weighted by Crippen LogP contribution is -2.05. The van der Waals surface area contributed by atoms with E-state index in [1.807, 2.05) is 0 Å². The smallest absolute Gasteiger partial charge is 0.383 e. The Morgan fingerprint density at radius 2 is 2.45 bits per heavy atom. The molecule has 0 fully saturated rings. The van der Waals surface area contributed by atoms with Crippen LogP contribution < -0.4 is 0 Å². The highest BCUT2D eigenvalue weighted by Gasteiger charge is 2.06. The first-order valence-corrected chi connectivity index (χ1v) is 4.23. The molecule has 1 aliphatic rings. The largest absolute Gasteiger partial charge is 0.451 e. The fraction of sp³-hybridized carbons (Fsp3) is 0.875. The quantitative estimate of drug-likeness (QED) is 0.580. The Hall–Kier alpha value is -0.730. The monoisotopic (exact) mass is 157 g/mol. The number of ether oxygens (including phenoxy) is 2. The van der Waals surface area contributed by atoms with Crippen LogP contribution >= 0.6 is 0 Å². The summed E-state index contributed by atoms with van der Waals surface area (Å²) in [6.45, 7) is 4.35. The molecule has 0 N–H and O–H groups in total. The van der Waals surface area contributed by atoms with Crippen molar-refractivity contribution in [2.24, 2.45) is 4.99 Å². The molecule has 0 saturated heterocycles. The molecule has 0 aromatic carbocycles. The van der Waals surface area contributed by atoms with Gasteiger partial charge in [-0.05, 0) is 6.42 Å². The van der Waals surface area contributed by atoms with Crippen LogP contribution in [0.15, 0.2) is 4.99 Å². The highest BCUT2D eigenvalue weighted by Crippen LogP contribution is 1.99. The van der Waals surface area contributed by atoms with Gasteiger partial charge in [0.05, 0.1) is 13.2 Å². The average Bonchev–Trinajstić information content (AvgIpc) is 2.50. The van der Waals surface area contributed by atoms with E-state index >= 15 is 0 Å². The van der Waals surface area contributed by atoms with Gasteiger partial charge in [0.15, 0.2) is 0 Å². The molecule has 0 atom stereocenters. The molecule has 0 spiro atoms. The van der Waals surface area contributed by atoms with Gasteiger partial charge >= 0.3 is 6.08 Å². The highest BCUT2D eigenvalue weighted by atomic mass is 16.7. The molecule has 0 unspecified atom stereocenters. The van der Waals surface area contributed by atoms with Crippen LogP contribution in [-0.2, 0) is 9.47 Å². The van der Waals surface area contributed by atoms with E-state index in [1.54, 1.807) is 0 Å². The zero-order chi connectivity index (χ0) is 7.94. The molecule has 11 heavy (non-hydrogen) atoms. The number of aliphatic imine (C=N–C) groups is 1. The summed E-state index contributed by atoms with van der Waals surface area (Å²) in [5.74, 6) is 0. The molecule has 0 saturated carbocycles. The minimum atomic E-state index is 0.487. The fourth-order valence-corrected chi connectivity index (χ4v) is 0.914. The topological polar surface area (TPSA) is 30.8 Å². The van der Waals surface area contributed by atoms with Crippen molar-refractivity contribution >= 4 is 6.08 Å². The van der Waals surface area contributed by atoms with Crippen molar-refractivity contribution in [1.29, 1.82) is 0 Å². The van der Waals surface area contributed by atoms with E-state index in [-0.39, 0.29) is 0 Å². The molecule has 0 aromatic heterocycles. The van der Waals surface area contributed by atoms with Crippen LogP contribution in [0.5, 0.6) is 0 Å². The molecular weight excluding hydrogens is 142 g/mol. The lowest BCUT2D eigenvalue weighted by atomic mass is 10.3. The van der Waals surface area contributed by atoms with E-state index in [9.17, 15) is 0 Å². The Bertz CT molecular complexity index is 134. The number of hydrogen-bond donors (Lipinski definition) is 0. The predicted molar refractivity (Wildman–Crippen MR) is 43.7 cm³/mol. The Balaban J connectivity index is 1.94. The van der Waals surface area contributed by atoms with Gasteiger partial charge in [-0.1, -0.05) is 19.8 Å². The van der Waals surface area contributed by atoms with Gasteiger partial charge in [0.25, 0.3) is 0 Å². The second kappa shape index (κ2) is 4.99. The Morgan fingerprint density at radius 1 is 1.55 bits per heavy atom. The van der Waals surface area contributed by atoms with Gasteiger partial charge in [-0.15, -0.1) is 0 Å². The van der Waals surface area contributed by atoms with Gasteiger partial charge < -0.3 is 9.47 Å². The fourth-order valence-electron chi connectivity index (χ4n) is 0.914. The number of rotatable bonds is 4. The highest BCUT2D eigenvalue weighted by molar-refractivity contribution is 5.68. The molecule has 0 aliphatic carbocycles. The summed E-state index contributed by atoms with van der Waals surface area (Å²) in [5, 5.41) is 0. The van der Waals surface area contributed by atoms with Gasteiger partial charge in [0, 0.05) is 0 Å². The number of unbranched alkanes of at least 4 members (excludes halogenated alkanes) is 2. The lowest BCUT2D eigenvalue weighted by molar-refractivity contribution is 0.186. The molecule has 1 heterocycles. The Kier molecular flexibility index (Phi) is 3.80. The summed E-state index contributed by atoms with van der Waals surface area (Å²) in [6.07, 6.45) is 4.02. The van der Waals surface area contributed by atoms with Crippen molar-refractivity contribution in [1.82, 2.24) is 0 Å². The van der Waals surface area contributed by atoms with Gasteiger partial charge in [-0.3, -0.25) is 0 Å². The number of nitrogens with zero attached hydrogens (tertiary/aromatic N) is 1. The molecule has 1 aliphatic heterocycles. The van der Waals surface area contributed by atoms with Crippen LogP contribution in [0.4, 0.5) is 0 Å². The van der Waals surface area contributed by atoms with Gasteiger partial charge in [0.2, 0.25) is 0 Å². The van der Waals surface area contributed by atoms with Crippen molar-refractivity contribution < 1.29 is 9.47 Å². The zero-order valence-corrected chi connectivity index (χ0v) is 7.01. The zero-order valence-electron chi connectivity index (χ0n) is 7.01. The standard InChI is InChI=1S/C8H15NO2/c1-2-3-4-6-10-8-9-5-7-11-8/h2-7H2,1H3. The summed E-state index contributed by atoms with van der Waals surface area (Å²) >= 11 is 0. The van der Waals surface area contributed by atoms with E-state index in [0.717, 1.165) is 19.6 Å². The molecule has 0 radical (unpaired) electrons. The second-order valence-electron chi connectivity index (χ2n) is 2.55. The molecule has 0 amide bonds. The first-order valence-electron chi connectivity index (χ1n) is 4.23. The molecule has 1 rings (SSSR count). The minimum absolute atomic E-state index is 0.487. The third-order valence-corrected chi connectivity index (χ3v) is 1.53. The van der Waals surface area contributed by atoms with E-state index in [4.69, 9.17) is 9.47 Å². The molecule has 64 valence electrons. The maximum absolute atomic E-state index is 5.23. The SMILES string of the molecule is CCCCCOC1=NCCO1. The molecular formula is C8H15NO2. The molecule has 3 heteroatoms. The van der Waals surface area contributed by atoms with E-state index in [0.29, 0.717) is 12.7 Å². The predicted octanol–water partition coefficient (Wildman–Crippen LogP) is 1.58. The van der Waals surface area contributed by atoms with Crippen LogP contribution in [0, 0.1) is 0 Å². The molecule has 3 nitrogen and oxygen atoms in total. The minimum Gasteiger partial charge on any atom is -0.451 e. The van der Waals surface area contributed by atoms with Crippen LogP contribution in [0.1, 0.15) is 26.2 Å². The van der Waals surface area contributed by atoms with E-state index in [1.165, 1.54) is 12.8 Å². The first kappa shape index (κ1) is 8.37. The Labute approximate surface area is 67.4 Å². The van der Waals surface area contributed by atoms with Crippen molar-refractivity contribution in [2.45, 2.75) is 26.2 Å². The summed E-state index contributed by atoms with van der Waals surface area (Å²) < 4.78 is 10.3. The van der Waals surface area contributed by atoms with Crippen molar-refractivity contribution in [3.63, 3.8) is 0 Å². The van der Waals surface area contributed by atoms with Crippen LogP contribution in [0.25, 0.3) is 0 Å². The number of hydrogen-bond acceptors (Lipinski definition) is 3. The second-order valence-corrected chi connectivity index (χ2v) is 2.55. The average molecular weight is 157 g/mol. The summed E-state index contributed by atoms with van der Waals surface area (Å²) in [7, 11) is 0. The first-order chi connectivity index (χ1) is 5.43.